The molecule has 0 bridgehead atoms. The highest BCUT2D eigenvalue weighted by atomic mass is 19.4. The van der Waals surface area contributed by atoms with Gasteiger partial charge in [0.25, 0.3) is 0 Å². The molecule has 3 rings (SSSR count). The highest BCUT2D eigenvalue weighted by Crippen LogP contribution is 2.32. The van der Waals surface area contributed by atoms with Crippen molar-refractivity contribution >= 4 is 16.6 Å². The van der Waals surface area contributed by atoms with Crippen molar-refractivity contribution in [2.45, 2.75) is 12.7 Å². The predicted octanol–water partition coefficient (Wildman–Crippen LogP) is 2.84. The van der Waals surface area contributed by atoms with E-state index in [-0.39, 0.29) is 11.5 Å². The maximum Gasteiger partial charge on any atom is 0.406 e. The van der Waals surface area contributed by atoms with Crippen molar-refractivity contribution in [3.63, 3.8) is 0 Å². The zero-order chi connectivity index (χ0) is 14.3. The van der Waals surface area contributed by atoms with Crippen LogP contribution >= 0.6 is 0 Å². The van der Waals surface area contributed by atoms with Crippen LogP contribution in [0.25, 0.3) is 22.4 Å². The molecule has 8 heteroatoms. The Labute approximate surface area is 110 Å². The summed E-state index contributed by atoms with van der Waals surface area (Å²) in [4.78, 5) is 3.80. The highest BCUT2D eigenvalue weighted by molar-refractivity contribution is 5.95. The molecule has 2 aromatic heterocycles. The highest BCUT2D eigenvalue weighted by Gasteiger charge is 2.30. The molecule has 104 valence electrons. The quantitative estimate of drug-likeness (QED) is 0.734. The van der Waals surface area contributed by atoms with E-state index in [1.54, 1.807) is 18.2 Å². The summed E-state index contributed by atoms with van der Waals surface area (Å²) in [6.45, 7) is -1.15. The molecule has 0 aliphatic heterocycles. The number of benzene rings is 1. The molecule has 3 aromatic rings. The van der Waals surface area contributed by atoms with Gasteiger partial charge in [0.2, 0.25) is 12.2 Å². The Morgan fingerprint density at radius 2 is 2.10 bits per heavy atom. The van der Waals surface area contributed by atoms with Crippen molar-refractivity contribution in [1.82, 2.24) is 14.7 Å². The number of nitrogen functional groups attached to an aromatic ring is 1. The van der Waals surface area contributed by atoms with E-state index in [1.807, 2.05) is 0 Å². The maximum absolute atomic E-state index is 12.8. The lowest BCUT2D eigenvalue weighted by molar-refractivity contribution is -0.139. The van der Waals surface area contributed by atoms with Crippen molar-refractivity contribution in [2.24, 2.45) is 0 Å². The molecule has 0 amide bonds. The number of fused-ring (bicyclic) bond motifs is 1. The zero-order valence-electron chi connectivity index (χ0n) is 10.1. The molecule has 0 saturated carbocycles. The number of anilines is 1. The minimum absolute atomic E-state index is 0.0878. The lowest BCUT2D eigenvalue weighted by atomic mass is 10.2. The molecule has 0 fully saturated rings. The van der Waals surface area contributed by atoms with Gasteiger partial charge in [-0.3, -0.25) is 0 Å². The largest absolute Gasteiger partial charge is 0.406 e. The Balaban J connectivity index is 2.27. The molecule has 2 N–H and O–H groups in total. The minimum Gasteiger partial charge on any atom is -0.398 e. The molecule has 0 spiro atoms. The van der Waals surface area contributed by atoms with Gasteiger partial charge >= 0.3 is 6.18 Å². The number of hydrogen-bond acceptors (Lipinski definition) is 4. The number of nitrogens with zero attached hydrogens (tertiary/aromatic N) is 3. The molecular weight excluding hydrogens is 273 g/mol. The van der Waals surface area contributed by atoms with Crippen molar-refractivity contribution in [3.8, 4) is 11.5 Å². The Hall–Kier alpha value is -2.51. The molecule has 2 heterocycles. The molecule has 0 aliphatic rings. The van der Waals surface area contributed by atoms with Crippen molar-refractivity contribution in [2.75, 3.05) is 5.73 Å². The van der Waals surface area contributed by atoms with Gasteiger partial charge in [-0.1, -0.05) is 11.2 Å². The van der Waals surface area contributed by atoms with Gasteiger partial charge in [0.05, 0.1) is 11.2 Å². The zero-order valence-corrected chi connectivity index (χ0v) is 10.1. The smallest absolute Gasteiger partial charge is 0.398 e. The van der Waals surface area contributed by atoms with Gasteiger partial charge in [-0.25, -0.2) is 0 Å². The maximum atomic E-state index is 12.8. The van der Waals surface area contributed by atoms with Crippen LogP contribution in [0.2, 0.25) is 0 Å². The summed E-state index contributed by atoms with van der Waals surface area (Å²) in [5, 5.41) is 4.11. The summed E-state index contributed by atoms with van der Waals surface area (Å²) >= 11 is 0. The third-order valence-corrected chi connectivity index (χ3v) is 2.91. The molecule has 1 aromatic carbocycles. The third-order valence-electron chi connectivity index (χ3n) is 2.91. The number of rotatable bonds is 2. The van der Waals surface area contributed by atoms with E-state index in [1.165, 1.54) is 6.07 Å². The summed E-state index contributed by atoms with van der Waals surface area (Å²) in [7, 11) is 0. The molecule has 0 atom stereocenters. The summed E-state index contributed by atoms with van der Waals surface area (Å²) in [5.74, 6) is 0.0878. The fourth-order valence-electron chi connectivity index (χ4n) is 2.13. The standard InChI is InChI=1S/C12H9F3N4O/c13-12(14,15)5-19-9-3-1-2-8(16)7(9)4-10(19)11-17-6-20-18-11/h1-4,6H,5,16H2. The monoisotopic (exact) mass is 282 g/mol. The topological polar surface area (TPSA) is 69.9 Å². The first-order chi connectivity index (χ1) is 9.46. The van der Waals surface area contributed by atoms with Gasteiger partial charge in [-0.05, 0) is 18.2 Å². The van der Waals surface area contributed by atoms with Crippen LogP contribution in [0.4, 0.5) is 18.9 Å². The van der Waals surface area contributed by atoms with Crippen LogP contribution in [0.1, 0.15) is 0 Å². The number of halogens is 3. The second-order valence-electron chi connectivity index (χ2n) is 4.27. The number of hydrogen-bond donors (Lipinski definition) is 1. The molecule has 0 radical (unpaired) electrons. The van der Waals surface area contributed by atoms with Crippen molar-refractivity contribution in [3.05, 3.63) is 30.7 Å². The number of aromatic nitrogens is 3. The lowest BCUT2D eigenvalue weighted by Crippen LogP contribution is -2.18. The van der Waals surface area contributed by atoms with E-state index in [2.05, 4.69) is 14.7 Å². The van der Waals surface area contributed by atoms with Crippen LogP contribution in [0.3, 0.4) is 0 Å². The van der Waals surface area contributed by atoms with Gasteiger partial charge < -0.3 is 14.8 Å². The van der Waals surface area contributed by atoms with Gasteiger partial charge in [-0.2, -0.15) is 18.2 Å². The van der Waals surface area contributed by atoms with Gasteiger partial charge in [-0.15, -0.1) is 0 Å². The number of nitrogens with two attached hydrogens (primary N) is 1. The van der Waals surface area contributed by atoms with Crippen LogP contribution < -0.4 is 5.73 Å². The van der Waals surface area contributed by atoms with Crippen molar-refractivity contribution in [1.29, 1.82) is 0 Å². The van der Waals surface area contributed by atoms with Gasteiger partial charge in [0.1, 0.15) is 6.54 Å². The first-order valence-corrected chi connectivity index (χ1v) is 5.67. The van der Waals surface area contributed by atoms with Crippen LogP contribution in [-0.4, -0.2) is 20.9 Å². The van der Waals surface area contributed by atoms with E-state index >= 15 is 0 Å². The molecule has 0 unspecified atom stereocenters. The van der Waals surface area contributed by atoms with Crippen molar-refractivity contribution < 1.29 is 17.7 Å². The average Bonchev–Trinajstić information content (AvgIpc) is 2.96. The van der Waals surface area contributed by atoms with Crippen LogP contribution in [0.5, 0.6) is 0 Å². The molecule has 0 saturated heterocycles. The fraction of sp³-hybridized carbons (Fsp3) is 0.167. The lowest BCUT2D eigenvalue weighted by Gasteiger charge is -2.11. The predicted molar refractivity (Wildman–Crippen MR) is 65.7 cm³/mol. The number of alkyl halides is 3. The molecular formula is C12H9F3N4O. The van der Waals surface area contributed by atoms with Gasteiger partial charge in [0, 0.05) is 11.1 Å². The summed E-state index contributed by atoms with van der Waals surface area (Å²) in [5.41, 5.74) is 6.78. The molecule has 5 nitrogen and oxygen atoms in total. The van der Waals surface area contributed by atoms with E-state index in [0.29, 0.717) is 16.6 Å². The first kappa shape index (κ1) is 12.5. The Kier molecular flexibility index (Phi) is 2.66. The summed E-state index contributed by atoms with van der Waals surface area (Å²) < 4.78 is 43.9. The average molecular weight is 282 g/mol. The summed E-state index contributed by atoms with van der Waals surface area (Å²) in [6.07, 6.45) is -3.30. The van der Waals surface area contributed by atoms with E-state index in [4.69, 9.17) is 5.73 Å². The van der Waals surface area contributed by atoms with E-state index in [9.17, 15) is 13.2 Å². The SMILES string of the molecule is Nc1cccc2c1cc(-c1ncon1)n2CC(F)(F)F. The fourth-order valence-corrected chi connectivity index (χ4v) is 2.13. The Morgan fingerprint density at radius 3 is 2.75 bits per heavy atom. The normalized spacial score (nSPS) is 12.2. The second kappa shape index (κ2) is 4.26. The van der Waals surface area contributed by atoms with Crippen LogP contribution in [0, 0.1) is 0 Å². The summed E-state index contributed by atoms with van der Waals surface area (Å²) in [6, 6.07) is 6.33. The second-order valence-corrected chi connectivity index (χ2v) is 4.27. The van der Waals surface area contributed by atoms with E-state index in [0.717, 1.165) is 11.0 Å². The first-order valence-electron chi connectivity index (χ1n) is 5.67. The molecule has 20 heavy (non-hydrogen) atoms. The Bertz CT molecular complexity index is 746. The third kappa shape index (κ3) is 2.09. The molecule has 0 aliphatic carbocycles. The Morgan fingerprint density at radius 1 is 1.30 bits per heavy atom. The van der Waals surface area contributed by atoms with Gasteiger partial charge in [0.15, 0.2) is 0 Å². The van der Waals surface area contributed by atoms with Crippen LogP contribution in [-0.2, 0) is 6.54 Å². The van der Waals surface area contributed by atoms with E-state index < -0.39 is 12.7 Å². The minimum atomic E-state index is -4.37. The van der Waals surface area contributed by atoms with Crippen LogP contribution in [0.15, 0.2) is 35.2 Å².